The number of hydrogen-bond acceptors (Lipinski definition) is 3. The maximum absolute atomic E-state index is 12.1. The third-order valence-corrected chi connectivity index (χ3v) is 3.26. The molecule has 0 aliphatic rings. The second kappa shape index (κ2) is 8.62. The molecule has 0 unspecified atom stereocenters. The molecule has 0 saturated heterocycles. The molecule has 0 atom stereocenters. The number of carbonyl (C=O) groups is 1. The molecular formula is C17H27NO2. The van der Waals surface area contributed by atoms with Crippen LogP contribution in [0.25, 0.3) is 0 Å². The number of carbonyl (C=O) groups excluding carboxylic acids is 1. The van der Waals surface area contributed by atoms with E-state index in [4.69, 9.17) is 4.74 Å². The minimum absolute atomic E-state index is 0.224. The highest BCUT2D eigenvalue weighted by Gasteiger charge is 2.13. The Morgan fingerprint density at radius 1 is 1.15 bits per heavy atom. The Bertz CT molecular complexity index is 413. The Balaban J connectivity index is 2.36. The molecular weight excluding hydrogens is 250 g/mol. The van der Waals surface area contributed by atoms with E-state index in [1.54, 1.807) is 0 Å². The first-order chi connectivity index (χ1) is 9.52. The van der Waals surface area contributed by atoms with Crippen molar-refractivity contribution in [2.45, 2.75) is 39.5 Å². The van der Waals surface area contributed by atoms with E-state index >= 15 is 0 Å². The SMILES string of the molecule is CC(C)CCCCCOC(=O)c1ccccc1N(C)C. The minimum Gasteiger partial charge on any atom is -0.462 e. The minimum atomic E-state index is -0.224. The van der Waals surface area contributed by atoms with Gasteiger partial charge in [0.05, 0.1) is 17.9 Å². The van der Waals surface area contributed by atoms with Gasteiger partial charge >= 0.3 is 5.97 Å². The standard InChI is InChI=1S/C17H27NO2/c1-14(2)10-6-5-9-13-20-17(19)15-11-7-8-12-16(15)18(3)4/h7-8,11-12,14H,5-6,9-10,13H2,1-4H3. The van der Waals surface area contributed by atoms with Crippen LogP contribution in [-0.2, 0) is 4.74 Å². The quantitative estimate of drug-likeness (QED) is 0.528. The Labute approximate surface area is 122 Å². The van der Waals surface area contributed by atoms with Crippen LogP contribution in [0.5, 0.6) is 0 Å². The summed E-state index contributed by atoms with van der Waals surface area (Å²) in [5.74, 6) is 0.530. The molecule has 0 aromatic heterocycles. The van der Waals surface area contributed by atoms with E-state index in [1.807, 2.05) is 43.3 Å². The van der Waals surface area contributed by atoms with Gasteiger partial charge in [-0.1, -0.05) is 45.2 Å². The van der Waals surface area contributed by atoms with Crippen LogP contribution in [0.1, 0.15) is 49.9 Å². The molecule has 1 aromatic rings. The predicted octanol–water partition coefficient (Wildman–Crippen LogP) is 4.13. The Morgan fingerprint density at radius 2 is 1.85 bits per heavy atom. The molecule has 1 aromatic carbocycles. The van der Waals surface area contributed by atoms with Crippen molar-refractivity contribution in [1.29, 1.82) is 0 Å². The van der Waals surface area contributed by atoms with Gasteiger partial charge in [0.25, 0.3) is 0 Å². The van der Waals surface area contributed by atoms with E-state index < -0.39 is 0 Å². The Kier molecular flexibility index (Phi) is 7.13. The largest absolute Gasteiger partial charge is 0.462 e. The van der Waals surface area contributed by atoms with Crippen LogP contribution in [0.15, 0.2) is 24.3 Å². The Hall–Kier alpha value is -1.51. The van der Waals surface area contributed by atoms with Gasteiger partial charge in [-0.05, 0) is 24.5 Å². The number of nitrogens with zero attached hydrogens (tertiary/aromatic N) is 1. The molecule has 0 aliphatic carbocycles. The lowest BCUT2D eigenvalue weighted by Crippen LogP contribution is -2.15. The van der Waals surface area contributed by atoms with Crippen LogP contribution in [0, 0.1) is 5.92 Å². The average molecular weight is 277 g/mol. The van der Waals surface area contributed by atoms with Gasteiger partial charge < -0.3 is 9.64 Å². The van der Waals surface area contributed by atoms with Gasteiger partial charge in [-0.15, -0.1) is 0 Å². The highest BCUT2D eigenvalue weighted by molar-refractivity contribution is 5.95. The molecule has 1 rings (SSSR count). The average Bonchev–Trinajstić information content (AvgIpc) is 2.42. The first-order valence-corrected chi connectivity index (χ1v) is 7.46. The third kappa shape index (κ3) is 5.64. The number of anilines is 1. The molecule has 0 bridgehead atoms. The first-order valence-electron chi connectivity index (χ1n) is 7.46. The second-order valence-corrected chi connectivity index (χ2v) is 5.79. The molecule has 0 N–H and O–H groups in total. The van der Waals surface area contributed by atoms with Gasteiger partial charge in [-0.3, -0.25) is 0 Å². The summed E-state index contributed by atoms with van der Waals surface area (Å²) in [4.78, 5) is 14.0. The first kappa shape index (κ1) is 16.5. The molecule has 0 heterocycles. The van der Waals surface area contributed by atoms with Crippen LogP contribution in [0.3, 0.4) is 0 Å². The van der Waals surface area contributed by atoms with Gasteiger partial charge in [0.2, 0.25) is 0 Å². The summed E-state index contributed by atoms with van der Waals surface area (Å²) in [6.45, 7) is 4.98. The molecule has 0 spiro atoms. The van der Waals surface area contributed by atoms with Crippen molar-refractivity contribution in [1.82, 2.24) is 0 Å². The monoisotopic (exact) mass is 277 g/mol. The zero-order valence-electron chi connectivity index (χ0n) is 13.2. The highest BCUT2D eigenvalue weighted by atomic mass is 16.5. The summed E-state index contributed by atoms with van der Waals surface area (Å²) in [7, 11) is 3.86. The molecule has 0 radical (unpaired) electrons. The highest BCUT2D eigenvalue weighted by Crippen LogP contribution is 2.19. The lowest BCUT2D eigenvalue weighted by Gasteiger charge is -2.16. The second-order valence-electron chi connectivity index (χ2n) is 5.79. The topological polar surface area (TPSA) is 29.5 Å². The van der Waals surface area contributed by atoms with Crippen molar-refractivity contribution in [3.8, 4) is 0 Å². The summed E-state index contributed by atoms with van der Waals surface area (Å²) < 4.78 is 5.36. The van der Waals surface area contributed by atoms with E-state index in [1.165, 1.54) is 12.8 Å². The molecule has 112 valence electrons. The number of esters is 1. The molecule has 0 amide bonds. The normalized spacial score (nSPS) is 10.7. The number of rotatable bonds is 8. The van der Waals surface area contributed by atoms with Crippen molar-refractivity contribution in [3.05, 3.63) is 29.8 Å². The van der Waals surface area contributed by atoms with E-state index in [-0.39, 0.29) is 5.97 Å². The molecule has 0 aliphatic heterocycles. The van der Waals surface area contributed by atoms with E-state index in [9.17, 15) is 4.79 Å². The van der Waals surface area contributed by atoms with E-state index in [2.05, 4.69) is 13.8 Å². The van der Waals surface area contributed by atoms with E-state index in [0.717, 1.165) is 24.4 Å². The van der Waals surface area contributed by atoms with Crippen molar-refractivity contribution < 1.29 is 9.53 Å². The molecule has 0 fully saturated rings. The summed E-state index contributed by atoms with van der Waals surface area (Å²) in [5.41, 5.74) is 1.54. The molecule has 3 nitrogen and oxygen atoms in total. The van der Waals surface area contributed by atoms with Crippen molar-refractivity contribution in [2.75, 3.05) is 25.6 Å². The van der Waals surface area contributed by atoms with Crippen LogP contribution in [0.2, 0.25) is 0 Å². The van der Waals surface area contributed by atoms with Gasteiger partial charge in [0.15, 0.2) is 0 Å². The van der Waals surface area contributed by atoms with Crippen LogP contribution in [-0.4, -0.2) is 26.7 Å². The number of hydrogen-bond donors (Lipinski definition) is 0. The van der Waals surface area contributed by atoms with Crippen molar-refractivity contribution in [2.24, 2.45) is 5.92 Å². The molecule has 20 heavy (non-hydrogen) atoms. The summed E-state index contributed by atoms with van der Waals surface area (Å²) in [6.07, 6.45) is 4.53. The fourth-order valence-corrected chi connectivity index (χ4v) is 2.11. The fraction of sp³-hybridized carbons (Fsp3) is 0.588. The van der Waals surface area contributed by atoms with E-state index in [0.29, 0.717) is 12.2 Å². The number of benzene rings is 1. The Morgan fingerprint density at radius 3 is 2.50 bits per heavy atom. The van der Waals surface area contributed by atoms with Crippen LogP contribution >= 0.6 is 0 Å². The number of unbranched alkanes of at least 4 members (excludes halogenated alkanes) is 2. The maximum Gasteiger partial charge on any atom is 0.340 e. The molecule has 0 saturated carbocycles. The zero-order valence-corrected chi connectivity index (χ0v) is 13.2. The van der Waals surface area contributed by atoms with Crippen LogP contribution < -0.4 is 4.90 Å². The summed E-state index contributed by atoms with van der Waals surface area (Å²) >= 11 is 0. The fourth-order valence-electron chi connectivity index (χ4n) is 2.11. The number of ether oxygens (including phenoxy) is 1. The lowest BCUT2D eigenvalue weighted by molar-refractivity contribution is 0.0498. The van der Waals surface area contributed by atoms with Crippen LogP contribution in [0.4, 0.5) is 5.69 Å². The smallest absolute Gasteiger partial charge is 0.340 e. The zero-order chi connectivity index (χ0) is 15.0. The number of para-hydroxylation sites is 1. The van der Waals surface area contributed by atoms with Gasteiger partial charge in [0.1, 0.15) is 0 Å². The predicted molar refractivity (Wildman–Crippen MR) is 84.4 cm³/mol. The summed E-state index contributed by atoms with van der Waals surface area (Å²) in [5, 5.41) is 0. The van der Waals surface area contributed by atoms with Gasteiger partial charge in [-0.25, -0.2) is 4.79 Å². The third-order valence-electron chi connectivity index (χ3n) is 3.26. The van der Waals surface area contributed by atoms with Crippen molar-refractivity contribution >= 4 is 11.7 Å². The lowest BCUT2D eigenvalue weighted by atomic mass is 10.1. The van der Waals surface area contributed by atoms with Gasteiger partial charge in [0, 0.05) is 14.1 Å². The van der Waals surface area contributed by atoms with Gasteiger partial charge in [-0.2, -0.15) is 0 Å². The summed E-state index contributed by atoms with van der Waals surface area (Å²) in [6, 6.07) is 7.54. The maximum atomic E-state index is 12.1. The molecule has 3 heteroatoms. The van der Waals surface area contributed by atoms with Crippen molar-refractivity contribution in [3.63, 3.8) is 0 Å².